The van der Waals surface area contributed by atoms with Crippen molar-refractivity contribution in [3.8, 4) is 0 Å². The molecule has 72 valence electrons. The number of halogens is 1. The van der Waals surface area contributed by atoms with Crippen molar-refractivity contribution in [3.63, 3.8) is 0 Å². The molecule has 1 aromatic rings. The van der Waals surface area contributed by atoms with Gasteiger partial charge in [0.2, 0.25) is 0 Å². The Labute approximate surface area is 87.3 Å². The lowest BCUT2D eigenvalue weighted by atomic mass is 10.2. The van der Waals surface area contributed by atoms with Crippen LogP contribution in [0.2, 0.25) is 5.15 Å². The second-order valence-corrected chi connectivity index (χ2v) is 4.77. The normalized spacial score (nSPS) is 26.0. The lowest BCUT2D eigenvalue weighted by molar-refractivity contribution is 0.701. The highest BCUT2D eigenvalue weighted by Gasteiger charge is 2.34. The smallest absolute Gasteiger partial charge is 0.184 e. The molecule has 1 N–H and O–H groups in total. The third kappa shape index (κ3) is 2.35. The minimum Gasteiger partial charge on any atom is -0.361 e. The summed E-state index contributed by atoms with van der Waals surface area (Å²) in [4.78, 5) is 4.13. The Balaban J connectivity index is 1.75. The largest absolute Gasteiger partial charge is 0.361 e. The van der Waals surface area contributed by atoms with Gasteiger partial charge in [0.05, 0.1) is 0 Å². The number of rotatable bonds is 4. The van der Waals surface area contributed by atoms with Crippen LogP contribution in [0.5, 0.6) is 0 Å². The Morgan fingerprint density at radius 1 is 1.69 bits per heavy atom. The summed E-state index contributed by atoms with van der Waals surface area (Å²) in [5.41, 5.74) is 0. The highest BCUT2D eigenvalue weighted by Crippen LogP contribution is 2.40. The van der Waals surface area contributed by atoms with E-state index in [9.17, 15) is 0 Å². The van der Waals surface area contributed by atoms with Crippen molar-refractivity contribution >= 4 is 28.1 Å². The first-order chi connectivity index (χ1) is 6.29. The van der Waals surface area contributed by atoms with Crippen LogP contribution in [0.4, 0.5) is 5.13 Å². The van der Waals surface area contributed by atoms with E-state index in [0.717, 1.165) is 23.5 Å². The predicted octanol–water partition coefficient (Wildman–Crippen LogP) is 3.25. The van der Waals surface area contributed by atoms with E-state index in [4.69, 9.17) is 11.6 Å². The molecule has 0 aromatic carbocycles. The standard InChI is InChI=1S/C9H13ClN2S/c1-2-6-3-7(6)4-11-9-12-8(10)5-13-9/h5-7H,2-4H2,1H3,(H,11,12). The van der Waals surface area contributed by atoms with Gasteiger partial charge in [-0.05, 0) is 18.3 Å². The van der Waals surface area contributed by atoms with Gasteiger partial charge in [-0.3, -0.25) is 0 Å². The van der Waals surface area contributed by atoms with Crippen LogP contribution in [-0.2, 0) is 0 Å². The number of nitrogens with one attached hydrogen (secondary N) is 1. The highest BCUT2D eigenvalue weighted by atomic mass is 35.5. The molecular weight excluding hydrogens is 204 g/mol. The topological polar surface area (TPSA) is 24.9 Å². The van der Waals surface area contributed by atoms with Crippen LogP contribution in [0.15, 0.2) is 5.38 Å². The van der Waals surface area contributed by atoms with E-state index in [1.54, 1.807) is 11.3 Å². The number of aromatic nitrogens is 1. The van der Waals surface area contributed by atoms with Gasteiger partial charge >= 0.3 is 0 Å². The molecule has 1 aliphatic rings. The first kappa shape index (κ1) is 9.28. The Morgan fingerprint density at radius 3 is 3.08 bits per heavy atom. The van der Waals surface area contributed by atoms with Gasteiger partial charge in [0, 0.05) is 11.9 Å². The van der Waals surface area contributed by atoms with Crippen LogP contribution < -0.4 is 5.32 Å². The van der Waals surface area contributed by atoms with Crippen molar-refractivity contribution in [2.24, 2.45) is 11.8 Å². The molecular formula is C9H13ClN2S. The molecule has 0 amide bonds. The third-order valence-electron chi connectivity index (χ3n) is 2.59. The molecule has 1 saturated carbocycles. The van der Waals surface area contributed by atoms with Gasteiger partial charge in [-0.25, -0.2) is 4.98 Å². The van der Waals surface area contributed by atoms with Gasteiger partial charge < -0.3 is 5.32 Å². The first-order valence-electron chi connectivity index (χ1n) is 4.64. The van der Waals surface area contributed by atoms with Gasteiger partial charge in [0.1, 0.15) is 5.15 Å². The fourth-order valence-corrected chi connectivity index (χ4v) is 2.46. The summed E-state index contributed by atoms with van der Waals surface area (Å²) in [6, 6.07) is 0. The lowest BCUT2D eigenvalue weighted by Crippen LogP contribution is -2.04. The zero-order valence-corrected chi connectivity index (χ0v) is 9.16. The quantitative estimate of drug-likeness (QED) is 0.836. The summed E-state index contributed by atoms with van der Waals surface area (Å²) in [7, 11) is 0. The SMILES string of the molecule is CCC1CC1CNc1nc(Cl)cs1. The minimum absolute atomic E-state index is 0.593. The second kappa shape index (κ2) is 3.84. The summed E-state index contributed by atoms with van der Waals surface area (Å²) in [5.74, 6) is 1.82. The third-order valence-corrected chi connectivity index (χ3v) is 3.71. The van der Waals surface area contributed by atoms with Gasteiger partial charge in [-0.1, -0.05) is 24.9 Å². The number of hydrogen-bond donors (Lipinski definition) is 1. The van der Waals surface area contributed by atoms with Gasteiger partial charge in [0.15, 0.2) is 5.13 Å². The molecule has 0 spiro atoms. The number of thiazole rings is 1. The molecule has 2 atom stereocenters. The Hall–Kier alpha value is -0.280. The van der Waals surface area contributed by atoms with Gasteiger partial charge in [-0.2, -0.15) is 0 Å². The molecule has 1 fully saturated rings. The molecule has 2 nitrogen and oxygen atoms in total. The van der Waals surface area contributed by atoms with Crippen molar-refractivity contribution in [2.75, 3.05) is 11.9 Å². The fraction of sp³-hybridized carbons (Fsp3) is 0.667. The van der Waals surface area contributed by atoms with Crippen LogP contribution >= 0.6 is 22.9 Å². The minimum atomic E-state index is 0.593. The summed E-state index contributed by atoms with van der Waals surface area (Å²) < 4.78 is 0. The van der Waals surface area contributed by atoms with Crippen LogP contribution in [0.3, 0.4) is 0 Å². The number of nitrogens with zero attached hydrogens (tertiary/aromatic N) is 1. The molecule has 1 aliphatic carbocycles. The molecule has 0 bridgehead atoms. The van der Waals surface area contributed by atoms with Crippen molar-refractivity contribution < 1.29 is 0 Å². The van der Waals surface area contributed by atoms with Crippen molar-refractivity contribution in [1.29, 1.82) is 0 Å². The van der Waals surface area contributed by atoms with Crippen molar-refractivity contribution in [1.82, 2.24) is 4.98 Å². The van der Waals surface area contributed by atoms with Crippen LogP contribution in [0, 0.1) is 11.8 Å². The number of hydrogen-bond acceptors (Lipinski definition) is 3. The summed E-state index contributed by atoms with van der Waals surface area (Å²) in [6.45, 7) is 3.31. The predicted molar refractivity (Wildman–Crippen MR) is 57.5 cm³/mol. The Bertz CT molecular complexity index is 287. The Kier molecular flexibility index (Phi) is 2.74. The van der Waals surface area contributed by atoms with Crippen molar-refractivity contribution in [2.45, 2.75) is 19.8 Å². The molecule has 0 radical (unpaired) electrons. The maximum absolute atomic E-state index is 5.71. The summed E-state index contributed by atoms with van der Waals surface area (Å²) in [5, 5.41) is 6.71. The first-order valence-corrected chi connectivity index (χ1v) is 5.90. The van der Waals surface area contributed by atoms with E-state index >= 15 is 0 Å². The molecule has 4 heteroatoms. The second-order valence-electron chi connectivity index (χ2n) is 3.52. The monoisotopic (exact) mass is 216 g/mol. The van der Waals surface area contributed by atoms with E-state index in [1.807, 2.05) is 5.38 Å². The van der Waals surface area contributed by atoms with Crippen LogP contribution in [-0.4, -0.2) is 11.5 Å². The maximum Gasteiger partial charge on any atom is 0.184 e. The van der Waals surface area contributed by atoms with Gasteiger partial charge in [0.25, 0.3) is 0 Å². The number of anilines is 1. The fourth-order valence-electron chi connectivity index (χ4n) is 1.61. The molecule has 1 heterocycles. The molecule has 0 aliphatic heterocycles. The molecule has 2 unspecified atom stereocenters. The molecule has 1 aromatic heterocycles. The van der Waals surface area contributed by atoms with E-state index < -0.39 is 0 Å². The van der Waals surface area contributed by atoms with Crippen LogP contribution in [0.25, 0.3) is 0 Å². The highest BCUT2D eigenvalue weighted by molar-refractivity contribution is 7.14. The molecule has 2 rings (SSSR count). The Morgan fingerprint density at radius 2 is 2.54 bits per heavy atom. The van der Waals surface area contributed by atoms with Crippen LogP contribution in [0.1, 0.15) is 19.8 Å². The van der Waals surface area contributed by atoms with Crippen molar-refractivity contribution in [3.05, 3.63) is 10.5 Å². The molecule has 0 saturated heterocycles. The zero-order chi connectivity index (χ0) is 9.26. The van der Waals surface area contributed by atoms with E-state index in [-0.39, 0.29) is 0 Å². The van der Waals surface area contributed by atoms with E-state index in [2.05, 4.69) is 17.2 Å². The summed E-state index contributed by atoms with van der Waals surface area (Å²) >= 11 is 7.28. The van der Waals surface area contributed by atoms with E-state index in [0.29, 0.717) is 5.15 Å². The van der Waals surface area contributed by atoms with Gasteiger partial charge in [-0.15, -0.1) is 11.3 Å². The maximum atomic E-state index is 5.71. The summed E-state index contributed by atoms with van der Waals surface area (Å²) in [6.07, 6.45) is 2.69. The lowest BCUT2D eigenvalue weighted by Gasteiger charge is -1.99. The van der Waals surface area contributed by atoms with E-state index in [1.165, 1.54) is 12.8 Å². The average Bonchev–Trinajstić information content (AvgIpc) is 2.78. The zero-order valence-electron chi connectivity index (χ0n) is 7.59. The molecule has 13 heavy (non-hydrogen) atoms. The average molecular weight is 217 g/mol.